The Bertz CT molecular complexity index is 627. The van der Waals surface area contributed by atoms with Gasteiger partial charge in [0.2, 0.25) is 0 Å². The Morgan fingerprint density at radius 2 is 2.00 bits per heavy atom. The van der Waals surface area contributed by atoms with Gasteiger partial charge in [0.15, 0.2) is 5.96 Å². The Balaban J connectivity index is 0.00000243. The monoisotopic (exact) mass is 491 g/mol. The molecule has 1 aromatic rings. The zero-order valence-electron chi connectivity index (χ0n) is 15.7. The van der Waals surface area contributed by atoms with Gasteiger partial charge in [-0.25, -0.2) is 4.98 Å². The highest BCUT2D eigenvalue weighted by molar-refractivity contribution is 14.0. The van der Waals surface area contributed by atoms with Crippen molar-refractivity contribution in [3.05, 3.63) is 16.1 Å². The van der Waals surface area contributed by atoms with Crippen LogP contribution in [-0.4, -0.2) is 55.0 Å². The second kappa shape index (κ2) is 9.87. The molecule has 0 radical (unpaired) electrons. The summed E-state index contributed by atoms with van der Waals surface area (Å²) in [5.41, 5.74) is 3.02. The van der Waals surface area contributed by atoms with E-state index in [1.165, 1.54) is 49.9 Å². The maximum absolute atomic E-state index is 12.1. The molecule has 146 valence electrons. The average molecular weight is 491 g/mol. The molecule has 2 aliphatic rings. The lowest BCUT2D eigenvalue weighted by Crippen LogP contribution is -2.44. The highest BCUT2D eigenvalue weighted by atomic mass is 127. The number of nitrogens with zero attached hydrogens (tertiary/aromatic N) is 3. The van der Waals surface area contributed by atoms with Crippen molar-refractivity contribution in [1.82, 2.24) is 20.5 Å². The standard InChI is InChI=1S/C18H29N5OS.HI/c1-14-15(25-13-22-14)16(24)20-9-10-21-17(19-2)23-11-8-18(12-23)6-4-3-5-7-18;/h13H,3-12H2,1-2H3,(H,19,21)(H,20,24);1H. The number of halogens is 1. The predicted molar refractivity (Wildman–Crippen MR) is 118 cm³/mol. The van der Waals surface area contributed by atoms with Gasteiger partial charge < -0.3 is 15.5 Å². The van der Waals surface area contributed by atoms with Crippen LogP contribution in [0.2, 0.25) is 0 Å². The number of guanidine groups is 1. The van der Waals surface area contributed by atoms with Crippen molar-refractivity contribution in [1.29, 1.82) is 0 Å². The molecule has 2 heterocycles. The van der Waals surface area contributed by atoms with Gasteiger partial charge >= 0.3 is 0 Å². The van der Waals surface area contributed by atoms with E-state index >= 15 is 0 Å². The molecule has 1 spiro atoms. The quantitative estimate of drug-likeness (QED) is 0.294. The van der Waals surface area contributed by atoms with E-state index < -0.39 is 0 Å². The molecule has 2 N–H and O–H groups in total. The molecule has 2 fully saturated rings. The number of thiazole rings is 1. The van der Waals surface area contributed by atoms with Gasteiger partial charge in [0.05, 0.1) is 11.2 Å². The van der Waals surface area contributed by atoms with E-state index in [4.69, 9.17) is 0 Å². The summed E-state index contributed by atoms with van der Waals surface area (Å²) in [6.45, 7) is 5.33. The molecule has 0 atom stereocenters. The summed E-state index contributed by atoms with van der Waals surface area (Å²) in [6.07, 6.45) is 8.17. The Morgan fingerprint density at radius 1 is 1.27 bits per heavy atom. The predicted octanol–water partition coefficient (Wildman–Crippen LogP) is 3.03. The van der Waals surface area contributed by atoms with Crippen molar-refractivity contribution in [2.24, 2.45) is 10.4 Å². The number of carbonyl (C=O) groups excluding carboxylic acids is 1. The summed E-state index contributed by atoms with van der Waals surface area (Å²) in [4.78, 5) is 23.7. The van der Waals surface area contributed by atoms with Gasteiger partial charge in [-0.2, -0.15) is 0 Å². The Hall–Kier alpha value is -0.900. The van der Waals surface area contributed by atoms with Crippen LogP contribution >= 0.6 is 35.3 Å². The first-order chi connectivity index (χ1) is 12.1. The number of nitrogens with one attached hydrogen (secondary N) is 2. The summed E-state index contributed by atoms with van der Waals surface area (Å²) < 4.78 is 0. The number of aliphatic imine (C=N–C) groups is 1. The largest absolute Gasteiger partial charge is 0.354 e. The fourth-order valence-electron chi connectivity index (χ4n) is 4.11. The first kappa shape index (κ1) is 21.4. The van der Waals surface area contributed by atoms with Crippen LogP contribution in [-0.2, 0) is 0 Å². The number of aryl methyl sites for hydroxylation is 1. The smallest absolute Gasteiger partial charge is 0.263 e. The molecule has 0 unspecified atom stereocenters. The van der Waals surface area contributed by atoms with Gasteiger partial charge in [0.25, 0.3) is 5.91 Å². The van der Waals surface area contributed by atoms with E-state index in [1.54, 1.807) is 5.51 Å². The minimum atomic E-state index is -0.0425. The van der Waals surface area contributed by atoms with E-state index in [9.17, 15) is 4.79 Å². The van der Waals surface area contributed by atoms with E-state index in [-0.39, 0.29) is 29.9 Å². The molecule has 3 rings (SSSR count). The molecule has 0 aromatic carbocycles. The molecular weight excluding hydrogens is 461 g/mol. The molecule has 1 aromatic heterocycles. The lowest BCUT2D eigenvalue weighted by atomic mass is 9.73. The second-order valence-corrected chi connectivity index (χ2v) is 8.08. The van der Waals surface area contributed by atoms with Crippen LogP contribution in [0.15, 0.2) is 10.5 Å². The third-order valence-corrected chi connectivity index (χ3v) is 6.44. The molecule has 1 saturated heterocycles. The molecule has 0 bridgehead atoms. The summed E-state index contributed by atoms with van der Waals surface area (Å²) in [5, 5.41) is 6.35. The fourth-order valence-corrected chi connectivity index (χ4v) is 4.83. The summed E-state index contributed by atoms with van der Waals surface area (Å²) in [6, 6.07) is 0. The van der Waals surface area contributed by atoms with Crippen LogP contribution in [0.1, 0.15) is 53.9 Å². The van der Waals surface area contributed by atoms with E-state index in [0.29, 0.717) is 23.4 Å². The third-order valence-electron chi connectivity index (χ3n) is 5.51. The third kappa shape index (κ3) is 5.09. The van der Waals surface area contributed by atoms with Crippen molar-refractivity contribution < 1.29 is 4.79 Å². The van der Waals surface area contributed by atoms with Crippen LogP contribution in [0.25, 0.3) is 0 Å². The molecular formula is C18H30IN5OS. The number of aromatic nitrogens is 1. The molecule has 26 heavy (non-hydrogen) atoms. The number of hydrogen-bond donors (Lipinski definition) is 2. The van der Waals surface area contributed by atoms with Crippen molar-refractivity contribution in [3.8, 4) is 0 Å². The molecule has 1 aliphatic heterocycles. The maximum Gasteiger partial charge on any atom is 0.263 e. The van der Waals surface area contributed by atoms with E-state index in [0.717, 1.165) is 24.7 Å². The van der Waals surface area contributed by atoms with Crippen molar-refractivity contribution >= 4 is 47.2 Å². The zero-order valence-corrected chi connectivity index (χ0v) is 18.9. The highest BCUT2D eigenvalue weighted by Gasteiger charge is 2.39. The van der Waals surface area contributed by atoms with Crippen molar-refractivity contribution in [2.75, 3.05) is 33.2 Å². The fraction of sp³-hybridized carbons (Fsp3) is 0.722. The van der Waals surface area contributed by atoms with Gasteiger partial charge in [-0.1, -0.05) is 19.3 Å². The van der Waals surface area contributed by atoms with Crippen LogP contribution in [0.4, 0.5) is 0 Å². The van der Waals surface area contributed by atoms with Crippen LogP contribution < -0.4 is 10.6 Å². The molecule has 1 aliphatic carbocycles. The van der Waals surface area contributed by atoms with Gasteiger partial charge in [0, 0.05) is 33.2 Å². The Morgan fingerprint density at radius 3 is 2.65 bits per heavy atom. The minimum Gasteiger partial charge on any atom is -0.354 e. The zero-order chi connectivity index (χ0) is 17.7. The molecule has 1 saturated carbocycles. The SMILES string of the molecule is CN=C(NCCNC(=O)c1scnc1C)N1CCC2(CCCCC2)C1.I. The summed E-state index contributed by atoms with van der Waals surface area (Å²) >= 11 is 1.38. The lowest BCUT2D eigenvalue weighted by Gasteiger charge is -2.33. The highest BCUT2D eigenvalue weighted by Crippen LogP contribution is 2.43. The summed E-state index contributed by atoms with van der Waals surface area (Å²) in [5.74, 6) is 0.921. The van der Waals surface area contributed by atoms with Crippen molar-refractivity contribution in [2.45, 2.75) is 45.4 Å². The topological polar surface area (TPSA) is 69.6 Å². The van der Waals surface area contributed by atoms with Gasteiger partial charge in [-0.15, -0.1) is 35.3 Å². The van der Waals surface area contributed by atoms with Gasteiger partial charge in [-0.05, 0) is 31.6 Å². The lowest BCUT2D eigenvalue weighted by molar-refractivity contribution is 0.0957. The van der Waals surface area contributed by atoms with Crippen molar-refractivity contribution in [3.63, 3.8) is 0 Å². The van der Waals surface area contributed by atoms with E-state index in [1.807, 2.05) is 14.0 Å². The number of amides is 1. The number of carbonyl (C=O) groups is 1. The van der Waals surface area contributed by atoms with Crippen LogP contribution in [0.3, 0.4) is 0 Å². The number of hydrogen-bond acceptors (Lipinski definition) is 4. The summed E-state index contributed by atoms with van der Waals surface area (Å²) in [7, 11) is 1.84. The molecule has 6 nitrogen and oxygen atoms in total. The number of rotatable bonds is 4. The van der Waals surface area contributed by atoms with Gasteiger partial charge in [0.1, 0.15) is 4.88 Å². The minimum absolute atomic E-state index is 0. The second-order valence-electron chi connectivity index (χ2n) is 7.23. The first-order valence-corrected chi connectivity index (χ1v) is 10.2. The van der Waals surface area contributed by atoms with E-state index in [2.05, 4.69) is 25.5 Å². The number of likely N-dealkylation sites (tertiary alicyclic amines) is 1. The van der Waals surface area contributed by atoms with Crippen LogP contribution in [0.5, 0.6) is 0 Å². The first-order valence-electron chi connectivity index (χ1n) is 9.27. The van der Waals surface area contributed by atoms with Gasteiger partial charge in [-0.3, -0.25) is 9.79 Å². The maximum atomic E-state index is 12.1. The molecule has 1 amide bonds. The Labute approximate surface area is 177 Å². The van der Waals surface area contributed by atoms with Crippen LogP contribution in [0, 0.1) is 12.3 Å². The average Bonchev–Trinajstić information content (AvgIpc) is 3.22. The Kier molecular flexibility index (Phi) is 8.12. The normalized spacial score (nSPS) is 19.3. The molecule has 8 heteroatoms.